The molecule has 3 N–H and O–H groups in total. The minimum Gasteiger partial charge on any atom is -0.497 e. The molecule has 0 saturated heterocycles. The van der Waals surface area contributed by atoms with E-state index in [1.165, 1.54) is 0 Å². The average molecular weight is 354 g/mol. The number of rotatable bonds is 6. The van der Waals surface area contributed by atoms with Crippen molar-refractivity contribution < 1.29 is 24.1 Å². The quantitative estimate of drug-likeness (QED) is 0.630. The molecule has 0 atom stereocenters. The van der Waals surface area contributed by atoms with E-state index < -0.39 is 5.97 Å². The van der Waals surface area contributed by atoms with Crippen LogP contribution in [0.25, 0.3) is 10.9 Å². The Balaban J connectivity index is 1.54. The van der Waals surface area contributed by atoms with Crippen molar-refractivity contribution in [2.75, 3.05) is 13.9 Å². The Kier molecular flexibility index (Phi) is 4.14. The molecule has 7 nitrogen and oxygen atoms in total. The van der Waals surface area contributed by atoms with Gasteiger partial charge in [-0.1, -0.05) is 6.07 Å². The Morgan fingerprint density at radius 1 is 1.19 bits per heavy atom. The number of H-pyrrole nitrogens is 1. The van der Waals surface area contributed by atoms with Crippen LogP contribution in [-0.2, 0) is 13.1 Å². The van der Waals surface area contributed by atoms with Crippen LogP contribution in [0, 0.1) is 0 Å². The van der Waals surface area contributed by atoms with Crippen LogP contribution in [0.2, 0.25) is 0 Å². The van der Waals surface area contributed by atoms with E-state index in [2.05, 4.69) is 10.3 Å². The number of fused-ring (bicyclic) bond motifs is 2. The summed E-state index contributed by atoms with van der Waals surface area (Å²) in [5.74, 6) is 1.16. The molecular formula is C19H18N2O5. The lowest BCUT2D eigenvalue weighted by Gasteiger charge is -2.07. The maximum atomic E-state index is 11.6. The van der Waals surface area contributed by atoms with Gasteiger partial charge in [0.15, 0.2) is 11.5 Å². The third-order valence-electron chi connectivity index (χ3n) is 4.40. The Hall–Kier alpha value is -3.19. The summed E-state index contributed by atoms with van der Waals surface area (Å²) in [7, 11) is 1.58. The van der Waals surface area contributed by atoms with Gasteiger partial charge in [-0.3, -0.25) is 0 Å². The van der Waals surface area contributed by atoms with Gasteiger partial charge in [0, 0.05) is 30.1 Å². The molecule has 1 aliphatic heterocycles. The molecule has 0 amide bonds. The van der Waals surface area contributed by atoms with Crippen molar-refractivity contribution in [1.29, 1.82) is 0 Å². The fraction of sp³-hybridized carbons (Fsp3) is 0.211. The molecule has 2 heterocycles. The topological polar surface area (TPSA) is 92.8 Å². The van der Waals surface area contributed by atoms with Gasteiger partial charge in [-0.25, -0.2) is 4.79 Å². The number of ether oxygens (including phenoxy) is 3. The van der Waals surface area contributed by atoms with Crippen molar-refractivity contribution in [3.63, 3.8) is 0 Å². The second-order valence-electron chi connectivity index (χ2n) is 5.99. The fourth-order valence-corrected chi connectivity index (χ4v) is 3.11. The van der Waals surface area contributed by atoms with Gasteiger partial charge >= 0.3 is 5.97 Å². The van der Waals surface area contributed by atoms with Crippen LogP contribution in [0.1, 0.15) is 21.6 Å². The molecule has 134 valence electrons. The van der Waals surface area contributed by atoms with E-state index in [-0.39, 0.29) is 12.5 Å². The van der Waals surface area contributed by atoms with Gasteiger partial charge in [0.1, 0.15) is 11.4 Å². The monoisotopic (exact) mass is 354 g/mol. The maximum absolute atomic E-state index is 11.6. The lowest BCUT2D eigenvalue weighted by molar-refractivity contribution is 0.0690. The van der Waals surface area contributed by atoms with Crippen molar-refractivity contribution in [1.82, 2.24) is 10.3 Å². The highest BCUT2D eigenvalue weighted by molar-refractivity contribution is 5.97. The molecule has 2 aromatic carbocycles. The van der Waals surface area contributed by atoms with Gasteiger partial charge in [-0.05, 0) is 29.8 Å². The highest BCUT2D eigenvalue weighted by Gasteiger charge is 2.17. The minimum atomic E-state index is -0.986. The first kappa shape index (κ1) is 16.3. The molecule has 3 aromatic rings. The second kappa shape index (κ2) is 6.61. The van der Waals surface area contributed by atoms with Crippen molar-refractivity contribution in [2.24, 2.45) is 0 Å². The van der Waals surface area contributed by atoms with Crippen molar-refractivity contribution >= 4 is 16.9 Å². The molecule has 0 spiro atoms. The van der Waals surface area contributed by atoms with Gasteiger partial charge in [0.25, 0.3) is 0 Å². The van der Waals surface area contributed by atoms with Gasteiger partial charge in [-0.2, -0.15) is 0 Å². The van der Waals surface area contributed by atoms with Crippen molar-refractivity contribution in [2.45, 2.75) is 13.1 Å². The molecule has 4 rings (SSSR count). The lowest BCUT2D eigenvalue weighted by atomic mass is 10.1. The van der Waals surface area contributed by atoms with Crippen LogP contribution in [0.15, 0.2) is 36.4 Å². The molecule has 0 bridgehead atoms. The van der Waals surface area contributed by atoms with Gasteiger partial charge in [0.2, 0.25) is 6.79 Å². The number of hydrogen-bond donors (Lipinski definition) is 3. The first-order valence-electron chi connectivity index (χ1n) is 8.17. The van der Waals surface area contributed by atoms with Crippen LogP contribution in [-0.4, -0.2) is 30.0 Å². The number of carboxylic acid groups (broad SMARTS) is 1. The Bertz CT molecular complexity index is 979. The van der Waals surface area contributed by atoms with Gasteiger partial charge in [0.05, 0.1) is 12.6 Å². The van der Waals surface area contributed by atoms with E-state index in [1.807, 2.05) is 30.3 Å². The van der Waals surface area contributed by atoms with Crippen molar-refractivity contribution in [3.05, 3.63) is 53.2 Å². The molecule has 0 fully saturated rings. The van der Waals surface area contributed by atoms with E-state index in [1.54, 1.807) is 13.2 Å². The summed E-state index contributed by atoms with van der Waals surface area (Å²) in [4.78, 5) is 14.6. The molecule has 0 saturated carbocycles. The minimum absolute atomic E-state index is 0.187. The molecule has 0 aliphatic carbocycles. The summed E-state index contributed by atoms with van der Waals surface area (Å²) in [6, 6.07) is 11.2. The van der Waals surface area contributed by atoms with Crippen LogP contribution in [0.3, 0.4) is 0 Å². The molecule has 0 unspecified atom stereocenters. The zero-order valence-corrected chi connectivity index (χ0v) is 14.2. The maximum Gasteiger partial charge on any atom is 0.352 e. The number of benzene rings is 2. The summed E-state index contributed by atoms with van der Waals surface area (Å²) in [5.41, 5.74) is 2.68. The highest BCUT2D eigenvalue weighted by Crippen LogP contribution is 2.32. The summed E-state index contributed by atoms with van der Waals surface area (Å²) >= 11 is 0. The van der Waals surface area contributed by atoms with Gasteiger partial charge in [-0.15, -0.1) is 0 Å². The predicted molar refractivity (Wildman–Crippen MR) is 94.9 cm³/mol. The van der Waals surface area contributed by atoms with E-state index in [0.717, 1.165) is 33.5 Å². The molecule has 0 radical (unpaired) electrons. The third kappa shape index (κ3) is 2.93. The number of hydrogen-bond acceptors (Lipinski definition) is 5. The van der Waals surface area contributed by atoms with Crippen LogP contribution in [0.4, 0.5) is 0 Å². The Morgan fingerprint density at radius 2 is 2.04 bits per heavy atom. The average Bonchev–Trinajstić information content (AvgIpc) is 3.25. The number of aromatic carboxylic acids is 1. The number of aromatic nitrogens is 1. The smallest absolute Gasteiger partial charge is 0.352 e. The molecule has 1 aromatic heterocycles. The standard InChI is InChI=1S/C19H18N2O5/c1-24-12-3-4-13-14(18(19(22)23)21-15(13)7-12)9-20-8-11-2-5-16-17(6-11)26-10-25-16/h2-7,20-21H,8-10H2,1H3,(H,22,23). The summed E-state index contributed by atoms with van der Waals surface area (Å²) in [5, 5.41) is 13.7. The number of aromatic amines is 1. The molecule has 1 aliphatic rings. The second-order valence-corrected chi connectivity index (χ2v) is 5.99. The number of carbonyl (C=O) groups is 1. The molecule has 26 heavy (non-hydrogen) atoms. The zero-order chi connectivity index (χ0) is 18.1. The zero-order valence-electron chi connectivity index (χ0n) is 14.2. The SMILES string of the molecule is COc1ccc2c(CNCc3ccc4c(c3)OCO4)c(C(=O)O)[nH]c2c1. The van der Waals surface area contributed by atoms with Crippen molar-refractivity contribution in [3.8, 4) is 17.2 Å². The van der Waals surface area contributed by atoms with E-state index in [4.69, 9.17) is 14.2 Å². The summed E-state index contributed by atoms with van der Waals surface area (Å²) in [6.07, 6.45) is 0. The summed E-state index contributed by atoms with van der Waals surface area (Å²) < 4.78 is 15.9. The normalized spacial score (nSPS) is 12.5. The fourth-order valence-electron chi connectivity index (χ4n) is 3.11. The largest absolute Gasteiger partial charge is 0.497 e. The molecule has 7 heteroatoms. The van der Waals surface area contributed by atoms with E-state index >= 15 is 0 Å². The lowest BCUT2D eigenvalue weighted by Crippen LogP contribution is -2.15. The number of nitrogens with one attached hydrogen (secondary N) is 2. The Morgan fingerprint density at radius 3 is 2.85 bits per heavy atom. The summed E-state index contributed by atoms with van der Waals surface area (Å²) in [6.45, 7) is 1.24. The van der Waals surface area contributed by atoms with Gasteiger partial charge < -0.3 is 29.6 Å². The predicted octanol–water partition coefficient (Wildman–Crippen LogP) is 2.89. The first-order valence-corrected chi connectivity index (χ1v) is 8.17. The number of methoxy groups -OCH3 is 1. The van der Waals surface area contributed by atoms with Crippen LogP contribution >= 0.6 is 0 Å². The molecular weight excluding hydrogens is 336 g/mol. The third-order valence-corrected chi connectivity index (χ3v) is 4.40. The van der Waals surface area contributed by atoms with Crippen LogP contribution in [0.5, 0.6) is 17.2 Å². The number of carboxylic acids is 1. The van der Waals surface area contributed by atoms with E-state index in [9.17, 15) is 9.90 Å². The highest BCUT2D eigenvalue weighted by atomic mass is 16.7. The first-order chi connectivity index (χ1) is 12.7. The van der Waals surface area contributed by atoms with Crippen LogP contribution < -0.4 is 19.5 Å². The van der Waals surface area contributed by atoms with E-state index in [0.29, 0.717) is 18.8 Å². The Labute approximate surface area is 149 Å².